The third kappa shape index (κ3) is 5.38. The lowest BCUT2D eigenvalue weighted by molar-refractivity contribution is -0.131. The van der Waals surface area contributed by atoms with Crippen molar-refractivity contribution in [3.8, 4) is 5.75 Å². The Morgan fingerprint density at radius 2 is 1.58 bits per heavy atom. The van der Waals surface area contributed by atoms with E-state index in [0.717, 1.165) is 49.4 Å². The largest absolute Gasteiger partial charge is 0.496 e. The minimum atomic E-state index is -0.0515. The molecule has 5 rings (SSSR count). The minimum absolute atomic E-state index is 0.0515. The van der Waals surface area contributed by atoms with Gasteiger partial charge >= 0.3 is 0 Å². The first-order valence-corrected chi connectivity index (χ1v) is 12.7. The number of ether oxygens (including phenoxy) is 1. The lowest BCUT2D eigenvalue weighted by Gasteiger charge is -2.32. The number of anilines is 1. The molecule has 0 atom stereocenters. The second kappa shape index (κ2) is 10.9. The smallest absolute Gasteiger partial charge is 0.251 e. The molecule has 36 heavy (non-hydrogen) atoms. The molecule has 0 saturated carbocycles. The van der Waals surface area contributed by atoms with Gasteiger partial charge < -0.3 is 19.9 Å². The van der Waals surface area contributed by atoms with E-state index >= 15 is 0 Å². The fourth-order valence-corrected chi connectivity index (χ4v) is 5.21. The highest BCUT2D eigenvalue weighted by atomic mass is 16.5. The van der Waals surface area contributed by atoms with Gasteiger partial charge in [-0.25, -0.2) is 0 Å². The molecule has 0 spiro atoms. The molecule has 0 aliphatic carbocycles. The summed E-state index contributed by atoms with van der Waals surface area (Å²) in [4.78, 5) is 29.9. The van der Waals surface area contributed by atoms with Gasteiger partial charge in [-0.15, -0.1) is 0 Å². The Morgan fingerprint density at radius 1 is 0.889 bits per heavy atom. The van der Waals surface area contributed by atoms with Gasteiger partial charge in [-0.3, -0.25) is 9.59 Å². The van der Waals surface area contributed by atoms with E-state index < -0.39 is 0 Å². The number of fused-ring (bicyclic) bond motifs is 1. The molecule has 1 N–H and O–H groups in total. The lowest BCUT2D eigenvalue weighted by atomic mass is 9.99. The molecule has 3 aromatic carbocycles. The Kier molecular flexibility index (Phi) is 7.21. The number of piperidine rings is 1. The summed E-state index contributed by atoms with van der Waals surface area (Å²) in [5, 5.41) is 3.16. The molecule has 0 bridgehead atoms. The normalized spacial score (nSPS) is 15.8. The Hall–Kier alpha value is -3.80. The molecule has 2 amide bonds. The first-order chi connectivity index (χ1) is 17.6. The van der Waals surface area contributed by atoms with Crippen LogP contribution in [0.2, 0.25) is 0 Å². The van der Waals surface area contributed by atoms with Gasteiger partial charge in [-0.1, -0.05) is 42.5 Å². The van der Waals surface area contributed by atoms with Crippen LogP contribution in [-0.2, 0) is 24.2 Å². The Morgan fingerprint density at radius 3 is 2.33 bits per heavy atom. The van der Waals surface area contributed by atoms with E-state index in [4.69, 9.17) is 4.74 Å². The van der Waals surface area contributed by atoms with Gasteiger partial charge in [-0.05, 0) is 60.7 Å². The number of para-hydroxylation sites is 1. The highest BCUT2D eigenvalue weighted by molar-refractivity contribution is 5.94. The topological polar surface area (TPSA) is 61.9 Å². The maximum absolute atomic E-state index is 12.9. The number of benzene rings is 3. The molecule has 1 saturated heterocycles. The molecule has 0 radical (unpaired) electrons. The first kappa shape index (κ1) is 23.9. The summed E-state index contributed by atoms with van der Waals surface area (Å²) in [5.74, 6) is 0.786. The molecule has 2 heterocycles. The fraction of sp³-hybridized carbons (Fsp3) is 0.333. The molecule has 2 aliphatic rings. The van der Waals surface area contributed by atoms with E-state index in [1.54, 1.807) is 7.11 Å². The molecular weight excluding hydrogens is 450 g/mol. The van der Waals surface area contributed by atoms with Crippen LogP contribution in [0.4, 0.5) is 5.69 Å². The van der Waals surface area contributed by atoms with E-state index in [1.165, 1.54) is 11.1 Å². The number of carbonyl (C=O) groups is 2. The Bertz CT molecular complexity index is 1220. The average molecular weight is 484 g/mol. The van der Waals surface area contributed by atoms with Crippen LogP contribution in [0, 0.1) is 0 Å². The predicted octanol–water partition coefficient (Wildman–Crippen LogP) is 4.22. The van der Waals surface area contributed by atoms with E-state index in [9.17, 15) is 9.59 Å². The van der Waals surface area contributed by atoms with Crippen molar-refractivity contribution in [2.45, 2.75) is 38.3 Å². The summed E-state index contributed by atoms with van der Waals surface area (Å²) in [6.07, 6.45) is 2.89. The minimum Gasteiger partial charge on any atom is -0.496 e. The summed E-state index contributed by atoms with van der Waals surface area (Å²) in [6, 6.07) is 24.2. The monoisotopic (exact) mass is 483 g/mol. The number of hydrogen-bond acceptors (Lipinski definition) is 4. The van der Waals surface area contributed by atoms with Crippen molar-refractivity contribution >= 4 is 17.5 Å². The van der Waals surface area contributed by atoms with Crippen molar-refractivity contribution in [1.82, 2.24) is 10.2 Å². The van der Waals surface area contributed by atoms with Gasteiger partial charge in [0.2, 0.25) is 5.91 Å². The zero-order valence-electron chi connectivity index (χ0n) is 20.8. The summed E-state index contributed by atoms with van der Waals surface area (Å²) in [7, 11) is 1.62. The number of hydrogen-bond donors (Lipinski definition) is 1. The van der Waals surface area contributed by atoms with E-state index in [0.29, 0.717) is 25.1 Å². The van der Waals surface area contributed by atoms with Crippen molar-refractivity contribution in [1.29, 1.82) is 0 Å². The van der Waals surface area contributed by atoms with Crippen molar-refractivity contribution in [3.63, 3.8) is 0 Å². The van der Waals surface area contributed by atoms with Crippen LogP contribution < -0.4 is 15.0 Å². The van der Waals surface area contributed by atoms with Gasteiger partial charge in [0.1, 0.15) is 5.75 Å². The Labute approximate surface area is 212 Å². The summed E-state index contributed by atoms with van der Waals surface area (Å²) < 4.78 is 5.37. The molecular formula is C30H33N3O3. The second-order valence-electron chi connectivity index (χ2n) is 9.60. The number of rotatable bonds is 6. The van der Waals surface area contributed by atoms with Gasteiger partial charge in [0.15, 0.2) is 0 Å². The van der Waals surface area contributed by atoms with Crippen LogP contribution >= 0.6 is 0 Å². The molecule has 2 aliphatic heterocycles. The summed E-state index contributed by atoms with van der Waals surface area (Å²) in [6.45, 7) is 3.18. The van der Waals surface area contributed by atoms with Crippen molar-refractivity contribution in [3.05, 3.63) is 95.1 Å². The second-order valence-corrected chi connectivity index (χ2v) is 9.60. The molecule has 6 heteroatoms. The van der Waals surface area contributed by atoms with Crippen LogP contribution in [0.25, 0.3) is 0 Å². The van der Waals surface area contributed by atoms with Crippen molar-refractivity contribution < 1.29 is 14.3 Å². The van der Waals surface area contributed by atoms with Crippen molar-refractivity contribution in [2.75, 3.05) is 31.6 Å². The number of likely N-dealkylation sites (tertiary alicyclic amines) is 1. The van der Waals surface area contributed by atoms with E-state index in [-0.39, 0.29) is 17.9 Å². The first-order valence-electron chi connectivity index (χ1n) is 12.7. The maximum Gasteiger partial charge on any atom is 0.251 e. The fourth-order valence-electron chi connectivity index (χ4n) is 5.21. The quantitative estimate of drug-likeness (QED) is 0.570. The van der Waals surface area contributed by atoms with E-state index in [2.05, 4.69) is 34.5 Å². The third-order valence-corrected chi connectivity index (χ3v) is 7.34. The van der Waals surface area contributed by atoms with Gasteiger partial charge in [0, 0.05) is 49.0 Å². The van der Waals surface area contributed by atoms with Gasteiger partial charge in [0.05, 0.1) is 13.5 Å². The number of amides is 2. The third-order valence-electron chi connectivity index (χ3n) is 7.34. The van der Waals surface area contributed by atoms with Crippen LogP contribution in [-0.4, -0.2) is 49.5 Å². The Balaban J connectivity index is 1.11. The zero-order chi connectivity index (χ0) is 24.9. The number of nitrogens with zero attached hydrogens (tertiary/aromatic N) is 2. The number of methoxy groups -OCH3 is 1. The number of nitrogens with one attached hydrogen (secondary N) is 1. The van der Waals surface area contributed by atoms with Crippen LogP contribution in [0.1, 0.15) is 39.9 Å². The highest BCUT2D eigenvalue weighted by Crippen LogP contribution is 2.25. The molecule has 1 fully saturated rings. The summed E-state index contributed by atoms with van der Waals surface area (Å²) in [5.41, 5.74) is 5.52. The van der Waals surface area contributed by atoms with Crippen LogP contribution in [0.3, 0.4) is 0 Å². The standard InChI is InChI=1S/C30H33N3O3/c1-36-28-9-5-4-7-24(28)20-29(34)32-18-15-26(16-19-32)31-30(35)23-10-12-27(13-11-23)33-17-14-22-6-2-3-8-25(22)21-33/h2-13,26H,14-21H2,1H3,(H,31,35). The summed E-state index contributed by atoms with van der Waals surface area (Å²) >= 11 is 0. The zero-order valence-corrected chi connectivity index (χ0v) is 20.8. The average Bonchev–Trinajstić information content (AvgIpc) is 2.93. The van der Waals surface area contributed by atoms with Crippen LogP contribution in [0.5, 0.6) is 5.75 Å². The number of carbonyl (C=O) groups excluding carboxylic acids is 2. The van der Waals surface area contributed by atoms with Gasteiger partial charge in [0.25, 0.3) is 5.91 Å². The SMILES string of the molecule is COc1ccccc1CC(=O)N1CCC(NC(=O)c2ccc(N3CCc4ccccc4C3)cc2)CC1. The molecule has 186 valence electrons. The maximum atomic E-state index is 12.9. The molecule has 0 unspecified atom stereocenters. The van der Waals surface area contributed by atoms with E-state index in [1.807, 2.05) is 53.4 Å². The molecule has 0 aromatic heterocycles. The predicted molar refractivity (Wildman–Crippen MR) is 141 cm³/mol. The molecule has 6 nitrogen and oxygen atoms in total. The lowest BCUT2D eigenvalue weighted by Crippen LogP contribution is -2.47. The van der Waals surface area contributed by atoms with Crippen LogP contribution in [0.15, 0.2) is 72.8 Å². The van der Waals surface area contributed by atoms with Gasteiger partial charge in [-0.2, -0.15) is 0 Å². The van der Waals surface area contributed by atoms with Crippen molar-refractivity contribution in [2.24, 2.45) is 0 Å². The molecule has 3 aromatic rings. The highest BCUT2D eigenvalue weighted by Gasteiger charge is 2.25.